The number of rotatable bonds is 6. The number of nitrogens with zero attached hydrogens (tertiary/aromatic N) is 2. The maximum absolute atomic E-state index is 11.6. The summed E-state index contributed by atoms with van der Waals surface area (Å²) < 4.78 is 0. The predicted octanol–water partition coefficient (Wildman–Crippen LogP) is 2.24. The molecule has 3 heterocycles. The minimum absolute atomic E-state index is 0.276. The lowest BCUT2D eigenvalue weighted by molar-refractivity contribution is -0.127. The Morgan fingerprint density at radius 3 is 3.19 bits per heavy atom. The van der Waals surface area contributed by atoms with Gasteiger partial charge >= 0.3 is 0 Å². The van der Waals surface area contributed by atoms with E-state index in [0.717, 1.165) is 37.3 Å². The van der Waals surface area contributed by atoms with Crippen LogP contribution in [0.1, 0.15) is 25.3 Å². The zero-order valence-corrected chi connectivity index (χ0v) is 12.9. The van der Waals surface area contributed by atoms with Gasteiger partial charge in [0.25, 0.3) is 0 Å². The van der Waals surface area contributed by atoms with Crippen LogP contribution >= 0.6 is 11.3 Å². The SMILES string of the molecule is CC(CN1CCCC1=O)NCc1cn[nH]c1-c1cccs1. The fourth-order valence-electron chi connectivity index (χ4n) is 2.66. The van der Waals surface area contributed by atoms with Crippen LogP contribution in [0.5, 0.6) is 0 Å². The molecule has 21 heavy (non-hydrogen) atoms. The Balaban J connectivity index is 1.56. The third-order valence-electron chi connectivity index (χ3n) is 3.79. The van der Waals surface area contributed by atoms with Crippen molar-refractivity contribution in [2.75, 3.05) is 13.1 Å². The third-order valence-corrected chi connectivity index (χ3v) is 4.68. The van der Waals surface area contributed by atoms with Crippen LogP contribution in [0.4, 0.5) is 0 Å². The first-order valence-corrected chi connectivity index (χ1v) is 8.19. The molecule has 0 aromatic carbocycles. The number of aromatic amines is 1. The molecule has 1 aliphatic rings. The van der Waals surface area contributed by atoms with Crippen molar-refractivity contribution in [3.05, 3.63) is 29.3 Å². The number of thiophene rings is 1. The molecule has 1 atom stereocenters. The molecule has 1 saturated heterocycles. The van der Waals surface area contributed by atoms with E-state index >= 15 is 0 Å². The standard InChI is InChI=1S/C15H20N4OS/c1-11(10-19-6-2-5-14(19)20)16-8-12-9-17-18-15(12)13-4-3-7-21-13/h3-4,7,9,11,16H,2,5-6,8,10H2,1H3,(H,17,18). The van der Waals surface area contributed by atoms with Gasteiger partial charge in [-0.15, -0.1) is 11.3 Å². The van der Waals surface area contributed by atoms with Gasteiger partial charge in [0.2, 0.25) is 5.91 Å². The Hall–Kier alpha value is -1.66. The van der Waals surface area contributed by atoms with E-state index in [-0.39, 0.29) is 11.9 Å². The van der Waals surface area contributed by atoms with Gasteiger partial charge in [-0.05, 0) is 24.8 Å². The van der Waals surface area contributed by atoms with Gasteiger partial charge in [-0.3, -0.25) is 9.89 Å². The monoisotopic (exact) mass is 304 g/mol. The van der Waals surface area contributed by atoms with Crippen LogP contribution < -0.4 is 5.32 Å². The van der Waals surface area contributed by atoms with Crippen molar-refractivity contribution >= 4 is 17.2 Å². The summed E-state index contributed by atoms with van der Waals surface area (Å²) in [4.78, 5) is 14.8. The van der Waals surface area contributed by atoms with Crippen molar-refractivity contribution in [1.82, 2.24) is 20.4 Å². The number of hydrogen-bond acceptors (Lipinski definition) is 4. The van der Waals surface area contributed by atoms with E-state index in [1.807, 2.05) is 17.2 Å². The fraction of sp³-hybridized carbons (Fsp3) is 0.467. The molecule has 3 rings (SSSR count). The van der Waals surface area contributed by atoms with Crippen LogP contribution in [-0.4, -0.2) is 40.1 Å². The molecule has 1 amide bonds. The molecule has 0 spiro atoms. The van der Waals surface area contributed by atoms with Gasteiger partial charge in [0.1, 0.15) is 0 Å². The number of carbonyl (C=O) groups is 1. The number of hydrogen-bond donors (Lipinski definition) is 2. The normalized spacial score (nSPS) is 16.6. The maximum Gasteiger partial charge on any atom is 0.222 e. The topological polar surface area (TPSA) is 61.0 Å². The molecule has 2 aromatic heterocycles. The quantitative estimate of drug-likeness (QED) is 0.860. The molecular weight excluding hydrogens is 284 g/mol. The third kappa shape index (κ3) is 3.33. The number of nitrogens with one attached hydrogen (secondary N) is 2. The van der Waals surface area contributed by atoms with Crippen LogP contribution in [-0.2, 0) is 11.3 Å². The molecule has 112 valence electrons. The average molecular weight is 304 g/mol. The summed E-state index contributed by atoms with van der Waals surface area (Å²) in [6, 6.07) is 4.41. The number of likely N-dealkylation sites (tertiary alicyclic amines) is 1. The largest absolute Gasteiger partial charge is 0.341 e. The molecule has 1 aliphatic heterocycles. The number of aromatic nitrogens is 2. The summed E-state index contributed by atoms with van der Waals surface area (Å²) in [6.07, 6.45) is 3.57. The lowest BCUT2D eigenvalue weighted by Gasteiger charge is -2.21. The number of carbonyl (C=O) groups excluding carboxylic acids is 1. The number of amides is 1. The van der Waals surface area contributed by atoms with Crippen molar-refractivity contribution in [2.24, 2.45) is 0 Å². The molecule has 2 aromatic rings. The molecule has 0 bridgehead atoms. The van der Waals surface area contributed by atoms with E-state index < -0.39 is 0 Å². The summed E-state index contributed by atoms with van der Waals surface area (Å²) in [5.41, 5.74) is 2.25. The second kappa shape index (κ2) is 6.41. The van der Waals surface area contributed by atoms with Crippen LogP contribution in [0.2, 0.25) is 0 Å². The van der Waals surface area contributed by atoms with Crippen molar-refractivity contribution < 1.29 is 4.79 Å². The van der Waals surface area contributed by atoms with Crippen molar-refractivity contribution in [3.63, 3.8) is 0 Å². The van der Waals surface area contributed by atoms with Crippen molar-refractivity contribution in [2.45, 2.75) is 32.4 Å². The smallest absolute Gasteiger partial charge is 0.222 e. The van der Waals surface area contributed by atoms with E-state index in [1.165, 1.54) is 4.88 Å². The van der Waals surface area contributed by atoms with Crippen LogP contribution in [0.25, 0.3) is 10.6 Å². The highest BCUT2D eigenvalue weighted by Gasteiger charge is 2.21. The number of H-pyrrole nitrogens is 1. The molecule has 2 N–H and O–H groups in total. The first-order chi connectivity index (χ1) is 10.2. The Morgan fingerprint density at radius 2 is 2.48 bits per heavy atom. The molecule has 5 nitrogen and oxygen atoms in total. The Bertz CT molecular complexity index is 593. The Morgan fingerprint density at radius 1 is 1.57 bits per heavy atom. The second-order valence-corrected chi connectivity index (χ2v) is 6.42. The fourth-order valence-corrected chi connectivity index (χ4v) is 3.41. The molecule has 1 unspecified atom stereocenters. The van der Waals surface area contributed by atoms with Gasteiger partial charge in [0.05, 0.1) is 16.8 Å². The minimum Gasteiger partial charge on any atom is -0.341 e. The highest BCUT2D eigenvalue weighted by atomic mass is 32.1. The van der Waals surface area contributed by atoms with E-state index in [9.17, 15) is 4.79 Å². The summed E-state index contributed by atoms with van der Waals surface area (Å²) in [7, 11) is 0. The average Bonchev–Trinajstić information content (AvgIpc) is 3.18. The maximum atomic E-state index is 11.6. The lowest BCUT2D eigenvalue weighted by Crippen LogP contribution is -2.39. The van der Waals surface area contributed by atoms with Gasteiger partial charge in [-0.2, -0.15) is 5.10 Å². The Kier molecular flexibility index (Phi) is 4.36. The van der Waals surface area contributed by atoms with Gasteiger partial charge in [0, 0.05) is 37.7 Å². The highest BCUT2D eigenvalue weighted by molar-refractivity contribution is 7.13. The first-order valence-electron chi connectivity index (χ1n) is 7.31. The first kappa shape index (κ1) is 14.3. The molecular formula is C15H20N4OS. The summed E-state index contributed by atoms with van der Waals surface area (Å²) in [5, 5.41) is 12.8. The highest BCUT2D eigenvalue weighted by Crippen LogP contribution is 2.25. The zero-order valence-electron chi connectivity index (χ0n) is 12.1. The van der Waals surface area contributed by atoms with Crippen LogP contribution in [0.3, 0.4) is 0 Å². The lowest BCUT2D eigenvalue weighted by atomic mass is 10.2. The molecule has 0 radical (unpaired) electrons. The minimum atomic E-state index is 0.276. The van der Waals surface area contributed by atoms with E-state index in [0.29, 0.717) is 6.42 Å². The van der Waals surface area contributed by atoms with Crippen LogP contribution in [0.15, 0.2) is 23.7 Å². The molecule has 0 aliphatic carbocycles. The van der Waals surface area contributed by atoms with Gasteiger partial charge in [-0.1, -0.05) is 6.07 Å². The van der Waals surface area contributed by atoms with Crippen LogP contribution in [0, 0.1) is 0 Å². The van der Waals surface area contributed by atoms with Crippen molar-refractivity contribution in [1.29, 1.82) is 0 Å². The molecule has 6 heteroatoms. The molecule has 0 saturated carbocycles. The van der Waals surface area contributed by atoms with Gasteiger partial charge < -0.3 is 10.2 Å². The summed E-state index contributed by atoms with van der Waals surface area (Å²) >= 11 is 1.70. The second-order valence-electron chi connectivity index (χ2n) is 5.47. The Labute approximate surface area is 128 Å². The van der Waals surface area contributed by atoms with E-state index in [1.54, 1.807) is 11.3 Å². The van der Waals surface area contributed by atoms with Gasteiger partial charge in [0.15, 0.2) is 0 Å². The summed E-state index contributed by atoms with van der Waals surface area (Å²) in [6.45, 7) is 4.56. The predicted molar refractivity (Wildman–Crippen MR) is 84.0 cm³/mol. The van der Waals surface area contributed by atoms with E-state index in [2.05, 4.69) is 33.9 Å². The zero-order chi connectivity index (χ0) is 14.7. The van der Waals surface area contributed by atoms with Crippen molar-refractivity contribution in [3.8, 4) is 10.6 Å². The van der Waals surface area contributed by atoms with E-state index in [4.69, 9.17) is 0 Å². The van der Waals surface area contributed by atoms with Gasteiger partial charge in [-0.25, -0.2) is 0 Å². The molecule has 1 fully saturated rings. The summed E-state index contributed by atoms with van der Waals surface area (Å²) in [5.74, 6) is 0.284.